The number of aromatic nitrogens is 2. The van der Waals surface area contributed by atoms with Gasteiger partial charge in [-0.2, -0.15) is 0 Å². The van der Waals surface area contributed by atoms with Crippen LogP contribution in [-0.2, 0) is 0 Å². The second-order valence-corrected chi connectivity index (χ2v) is 5.73. The molecule has 0 radical (unpaired) electrons. The normalized spacial score (nSPS) is 31.2. The number of nitrogens with zero attached hydrogens (tertiary/aromatic N) is 2. The van der Waals surface area contributed by atoms with Gasteiger partial charge in [-0.15, -0.1) is 0 Å². The first-order valence-corrected chi connectivity index (χ1v) is 6.61. The summed E-state index contributed by atoms with van der Waals surface area (Å²) in [6.07, 6.45) is 5.61. The summed E-state index contributed by atoms with van der Waals surface area (Å²) in [5.74, 6) is 2.97. The van der Waals surface area contributed by atoms with Crippen molar-refractivity contribution in [2.24, 2.45) is 23.5 Å². The van der Waals surface area contributed by atoms with Crippen LogP contribution < -0.4 is 5.73 Å². The molecule has 1 aliphatic rings. The van der Waals surface area contributed by atoms with E-state index < -0.39 is 0 Å². The highest BCUT2D eigenvalue weighted by Gasteiger charge is 2.29. The third-order valence-electron chi connectivity index (χ3n) is 3.86. The molecular weight excluding hydrogens is 210 g/mol. The largest absolute Gasteiger partial charge is 0.322 e. The van der Waals surface area contributed by atoms with Crippen molar-refractivity contribution in [2.75, 3.05) is 0 Å². The predicted octanol–water partition coefficient (Wildman–Crippen LogP) is 2.86. The monoisotopic (exact) mass is 233 g/mol. The van der Waals surface area contributed by atoms with Gasteiger partial charge < -0.3 is 5.73 Å². The maximum atomic E-state index is 6.37. The second kappa shape index (κ2) is 5.13. The number of hydrogen-bond acceptors (Lipinski definition) is 3. The van der Waals surface area contributed by atoms with Gasteiger partial charge in [0.1, 0.15) is 5.82 Å². The highest BCUT2D eigenvalue weighted by Crippen LogP contribution is 2.38. The number of nitrogens with two attached hydrogens (primary N) is 1. The molecule has 2 N–H and O–H groups in total. The van der Waals surface area contributed by atoms with Crippen LogP contribution in [-0.4, -0.2) is 9.97 Å². The molecular formula is C14H23N3. The molecule has 1 saturated carbocycles. The van der Waals surface area contributed by atoms with E-state index in [1.807, 2.05) is 19.2 Å². The van der Waals surface area contributed by atoms with Crippen LogP contribution in [0.2, 0.25) is 0 Å². The van der Waals surface area contributed by atoms with Gasteiger partial charge in [-0.25, -0.2) is 9.97 Å². The smallest absolute Gasteiger partial charge is 0.125 e. The van der Waals surface area contributed by atoms with Crippen LogP contribution in [0.4, 0.5) is 0 Å². The third kappa shape index (κ3) is 3.03. The fraction of sp³-hybridized carbons (Fsp3) is 0.714. The highest BCUT2D eigenvalue weighted by atomic mass is 14.9. The lowest BCUT2D eigenvalue weighted by Gasteiger charge is -2.34. The van der Waals surface area contributed by atoms with Gasteiger partial charge in [0.2, 0.25) is 0 Å². The Morgan fingerprint density at radius 3 is 2.47 bits per heavy atom. The van der Waals surface area contributed by atoms with E-state index in [0.29, 0.717) is 5.92 Å². The lowest BCUT2D eigenvalue weighted by atomic mass is 9.73. The quantitative estimate of drug-likeness (QED) is 0.854. The highest BCUT2D eigenvalue weighted by molar-refractivity contribution is 5.08. The van der Waals surface area contributed by atoms with Crippen molar-refractivity contribution in [3.8, 4) is 0 Å². The molecule has 1 aromatic heterocycles. The first kappa shape index (κ1) is 12.5. The van der Waals surface area contributed by atoms with Crippen LogP contribution in [0.1, 0.15) is 50.7 Å². The molecule has 1 aromatic rings. The van der Waals surface area contributed by atoms with Crippen molar-refractivity contribution >= 4 is 0 Å². The van der Waals surface area contributed by atoms with Crippen molar-refractivity contribution in [1.82, 2.24) is 9.97 Å². The molecule has 3 heteroatoms. The minimum absolute atomic E-state index is 0.0712. The Balaban J connectivity index is 2.11. The predicted molar refractivity (Wildman–Crippen MR) is 69.4 cm³/mol. The van der Waals surface area contributed by atoms with Crippen LogP contribution in [0.15, 0.2) is 12.3 Å². The number of aryl methyl sites for hydroxylation is 1. The minimum atomic E-state index is 0.0712. The Labute approximate surface area is 104 Å². The Bertz CT molecular complexity index is 367. The van der Waals surface area contributed by atoms with Crippen molar-refractivity contribution in [1.29, 1.82) is 0 Å². The van der Waals surface area contributed by atoms with Gasteiger partial charge in [0.25, 0.3) is 0 Å². The Morgan fingerprint density at radius 1 is 1.24 bits per heavy atom. The average molecular weight is 233 g/mol. The van der Waals surface area contributed by atoms with E-state index in [2.05, 4.69) is 23.8 Å². The molecule has 1 aliphatic carbocycles. The van der Waals surface area contributed by atoms with Crippen LogP contribution in [0.5, 0.6) is 0 Å². The molecule has 17 heavy (non-hydrogen) atoms. The molecule has 0 amide bonds. The van der Waals surface area contributed by atoms with Crippen molar-refractivity contribution in [3.05, 3.63) is 23.8 Å². The van der Waals surface area contributed by atoms with Gasteiger partial charge in [-0.05, 0) is 50.0 Å². The SMILES string of the molecule is Cc1nccc(C(N)C2CC(C)CC(C)C2)n1. The minimum Gasteiger partial charge on any atom is -0.322 e. The van der Waals surface area contributed by atoms with Crippen LogP contribution >= 0.6 is 0 Å². The van der Waals surface area contributed by atoms with Gasteiger partial charge in [0, 0.05) is 12.2 Å². The summed E-state index contributed by atoms with van der Waals surface area (Å²) in [4.78, 5) is 8.59. The third-order valence-corrected chi connectivity index (χ3v) is 3.86. The van der Waals surface area contributed by atoms with Crippen LogP contribution in [0.25, 0.3) is 0 Å². The summed E-state index contributed by atoms with van der Waals surface area (Å²) < 4.78 is 0. The van der Waals surface area contributed by atoms with Gasteiger partial charge in [0.15, 0.2) is 0 Å². The molecule has 3 atom stereocenters. The summed E-state index contributed by atoms with van der Waals surface area (Å²) in [5, 5.41) is 0. The zero-order valence-corrected chi connectivity index (χ0v) is 11.1. The molecule has 1 fully saturated rings. The molecule has 3 unspecified atom stereocenters. The lowest BCUT2D eigenvalue weighted by molar-refractivity contribution is 0.192. The van der Waals surface area contributed by atoms with Gasteiger partial charge >= 0.3 is 0 Å². The maximum Gasteiger partial charge on any atom is 0.125 e. The first-order chi connectivity index (χ1) is 8.06. The van der Waals surface area contributed by atoms with Crippen LogP contribution in [0.3, 0.4) is 0 Å². The molecule has 2 rings (SSSR count). The van der Waals surface area contributed by atoms with Crippen molar-refractivity contribution < 1.29 is 0 Å². The fourth-order valence-electron chi connectivity index (χ4n) is 3.20. The zero-order valence-electron chi connectivity index (χ0n) is 11.1. The van der Waals surface area contributed by atoms with Gasteiger partial charge in [0.05, 0.1) is 5.69 Å². The molecule has 94 valence electrons. The van der Waals surface area contributed by atoms with E-state index in [1.54, 1.807) is 0 Å². The second-order valence-electron chi connectivity index (χ2n) is 5.73. The van der Waals surface area contributed by atoms with E-state index in [9.17, 15) is 0 Å². The van der Waals surface area contributed by atoms with E-state index in [1.165, 1.54) is 19.3 Å². The van der Waals surface area contributed by atoms with Crippen LogP contribution in [0, 0.1) is 24.7 Å². The van der Waals surface area contributed by atoms with E-state index in [0.717, 1.165) is 23.4 Å². The number of hydrogen-bond donors (Lipinski definition) is 1. The van der Waals surface area contributed by atoms with E-state index >= 15 is 0 Å². The molecule has 0 saturated heterocycles. The van der Waals surface area contributed by atoms with E-state index in [4.69, 9.17) is 5.73 Å². The zero-order chi connectivity index (χ0) is 12.4. The molecule has 0 bridgehead atoms. The molecule has 0 spiro atoms. The van der Waals surface area contributed by atoms with Crippen molar-refractivity contribution in [3.63, 3.8) is 0 Å². The lowest BCUT2D eigenvalue weighted by Crippen LogP contribution is -2.30. The van der Waals surface area contributed by atoms with Gasteiger partial charge in [-0.3, -0.25) is 0 Å². The summed E-state index contributed by atoms with van der Waals surface area (Å²) in [5.41, 5.74) is 7.38. The summed E-state index contributed by atoms with van der Waals surface area (Å²) in [7, 11) is 0. The van der Waals surface area contributed by atoms with Crippen molar-refractivity contribution in [2.45, 2.75) is 46.1 Å². The average Bonchev–Trinajstić information content (AvgIpc) is 2.26. The summed E-state index contributed by atoms with van der Waals surface area (Å²) >= 11 is 0. The topological polar surface area (TPSA) is 51.8 Å². The van der Waals surface area contributed by atoms with Gasteiger partial charge in [-0.1, -0.05) is 13.8 Å². The Morgan fingerprint density at radius 2 is 1.88 bits per heavy atom. The Hall–Kier alpha value is -0.960. The summed E-state index contributed by atoms with van der Waals surface area (Å²) in [6, 6.07) is 2.03. The molecule has 0 aliphatic heterocycles. The summed E-state index contributed by atoms with van der Waals surface area (Å²) in [6.45, 7) is 6.59. The molecule has 0 aromatic carbocycles. The maximum absolute atomic E-state index is 6.37. The fourth-order valence-corrected chi connectivity index (χ4v) is 3.20. The van der Waals surface area contributed by atoms with E-state index in [-0.39, 0.29) is 6.04 Å². The molecule has 3 nitrogen and oxygen atoms in total. The first-order valence-electron chi connectivity index (χ1n) is 6.61. The number of rotatable bonds is 2. The molecule has 1 heterocycles. The Kier molecular flexibility index (Phi) is 3.77. The standard InChI is InChI=1S/C14H23N3/c1-9-6-10(2)8-12(7-9)14(15)13-4-5-16-11(3)17-13/h4-5,9-10,12,14H,6-8,15H2,1-3H3.